The van der Waals surface area contributed by atoms with Gasteiger partial charge in [-0.3, -0.25) is 20.2 Å². The minimum atomic E-state index is -0.813. The van der Waals surface area contributed by atoms with Crippen molar-refractivity contribution in [1.82, 2.24) is 10.6 Å². The average Bonchev–Trinajstić information content (AvgIpc) is 2.64. The maximum Gasteiger partial charge on any atom is 0.328 e. The third-order valence-electron chi connectivity index (χ3n) is 3.90. The van der Waals surface area contributed by atoms with Crippen molar-refractivity contribution < 1.29 is 19.1 Å². The molecule has 0 saturated carbocycles. The lowest BCUT2D eigenvalue weighted by molar-refractivity contribution is -0.124. The number of amides is 4. The second-order valence-corrected chi connectivity index (χ2v) is 6.02. The number of nitrogens with one attached hydrogen (secondary N) is 2. The van der Waals surface area contributed by atoms with Gasteiger partial charge in [0, 0.05) is 0 Å². The van der Waals surface area contributed by atoms with Gasteiger partial charge in [0.05, 0.1) is 0 Å². The Hall–Kier alpha value is -3.67. The summed E-state index contributed by atoms with van der Waals surface area (Å²) in [6.45, 7) is 2.53. The molecule has 0 radical (unpaired) electrons. The lowest BCUT2D eigenvalue weighted by Gasteiger charge is -2.12. The molecule has 3 rings (SSSR count). The van der Waals surface area contributed by atoms with Gasteiger partial charge in [0.2, 0.25) is 0 Å². The molecule has 6 heteroatoms. The molecule has 1 heterocycles. The quantitative estimate of drug-likeness (QED) is 0.633. The SMILES string of the molecule is Cc1ccc(COc2ccc(/C=C/C=C3C(=O)NC(=O)NC3=O)cc2)cc1. The topological polar surface area (TPSA) is 84.5 Å². The van der Waals surface area contributed by atoms with Crippen LogP contribution in [-0.2, 0) is 16.2 Å². The molecule has 2 aromatic carbocycles. The van der Waals surface area contributed by atoms with Crippen LogP contribution < -0.4 is 15.4 Å². The van der Waals surface area contributed by atoms with Crippen LogP contribution in [0.1, 0.15) is 16.7 Å². The Labute approximate surface area is 156 Å². The third-order valence-corrected chi connectivity index (χ3v) is 3.90. The molecule has 1 aliphatic heterocycles. The fourth-order valence-corrected chi connectivity index (χ4v) is 2.41. The summed E-state index contributed by atoms with van der Waals surface area (Å²) in [5, 5.41) is 4.04. The van der Waals surface area contributed by atoms with Gasteiger partial charge in [-0.1, -0.05) is 54.1 Å². The van der Waals surface area contributed by atoms with E-state index in [4.69, 9.17) is 4.74 Å². The second-order valence-electron chi connectivity index (χ2n) is 6.02. The molecule has 1 saturated heterocycles. The van der Waals surface area contributed by atoms with Crippen molar-refractivity contribution >= 4 is 23.9 Å². The highest BCUT2D eigenvalue weighted by atomic mass is 16.5. The zero-order valence-corrected chi connectivity index (χ0v) is 14.7. The van der Waals surface area contributed by atoms with E-state index in [0.29, 0.717) is 6.61 Å². The van der Waals surface area contributed by atoms with Gasteiger partial charge in [-0.2, -0.15) is 0 Å². The molecule has 4 amide bonds. The maximum atomic E-state index is 11.6. The molecule has 0 aromatic heterocycles. The van der Waals surface area contributed by atoms with E-state index in [1.54, 1.807) is 12.2 Å². The summed E-state index contributed by atoms with van der Waals surface area (Å²) in [7, 11) is 0. The van der Waals surface area contributed by atoms with Crippen molar-refractivity contribution in [3.05, 3.63) is 82.9 Å². The molecule has 1 fully saturated rings. The Bertz CT molecular complexity index is 904. The van der Waals surface area contributed by atoms with Crippen molar-refractivity contribution in [3.63, 3.8) is 0 Å². The number of benzene rings is 2. The van der Waals surface area contributed by atoms with Crippen molar-refractivity contribution in [2.24, 2.45) is 0 Å². The summed E-state index contributed by atoms with van der Waals surface area (Å²) >= 11 is 0. The molecule has 136 valence electrons. The number of carbonyl (C=O) groups is 3. The van der Waals surface area contributed by atoms with Crippen LogP contribution in [0.5, 0.6) is 5.75 Å². The van der Waals surface area contributed by atoms with E-state index in [1.807, 2.05) is 66.1 Å². The molecule has 0 bridgehead atoms. The molecule has 6 nitrogen and oxygen atoms in total. The number of rotatable bonds is 5. The molecular weight excluding hydrogens is 344 g/mol. The zero-order valence-electron chi connectivity index (χ0n) is 14.7. The highest BCUT2D eigenvalue weighted by Crippen LogP contribution is 2.15. The Kier molecular flexibility index (Phi) is 5.47. The Morgan fingerprint density at radius 3 is 2.15 bits per heavy atom. The van der Waals surface area contributed by atoms with Gasteiger partial charge in [-0.15, -0.1) is 0 Å². The molecular formula is C21H18N2O4. The van der Waals surface area contributed by atoms with Gasteiger partial charge in [-0.05, 0) is 36.3 Å². The Morgan fingerprint density at radius 1 is 0.889 bits per heavy atom. The number of imide groups is 2. The van der Waals surface area contributed by atoms with Crippen LogP contribution >= 0.6 is 0 Å². The van der Waals surface area contributed by atoms with Crippen molar-refractivity contribution in [2.75, 3.05) is 0 Å². The largest absolute Gasteiger partial charge is 0.489 e. The molecule has 1 aliphatic rings. The first kappa shape index (κ1) is 18.1. The van der Waals surface area contributed by atoms with Gasteiger partial charge in [0.1, 0.15) is 17.9 Å². The van der Waals surface area contributed by atoms with Crippen LogP contribution in [-0.4, -0.2) is 17.8 Å². The summed E-state index contributed by atoms with van der Waals surface area (Å²) < 4.78 is 5.75. The first-order valence-electron chi connectivity index (χ1n) is 8.35. The minimum absolute atomic E-state index is 0.121. The normalized spacial score (nSPS) is 14.1. The predicted molar refractivity (Wildman–Crippen MR) is 101 cm³/mol. The molecule has 0 unspecified atom stereocenters. The van der Waals surface area contributed by atoms with Crippen LogP contribution in [0, 0.1) is 6.92 Å². The fourth-order valence-electron chi connectivity index (χ4n) is 2.41. The Morgan fingerprint density at radius 2 is 1.52 bits per heavy atom. The molecule has 0 aliphatic carbocycles. The van der Waals surface area contributed by atoms with Gasteiger partial charge in [-0.25, -0.2) is 4.79 Å². The fraction of sp³-hybridized carbons (Fsp3) is 0.0952. The highest BCUT2D eigenvalue weighted by Gasteiger charge is 2.26. The van der Waals surface area contributed by atoms with Crippen LogP contribution in [0.15, 0.2) is 66.3 Å². The summed E-state index contributed by atoms with van der Waals surface area (Å²) in [6, 6.07) is 14.8. The smallest absolute Gasteiger partial charge is 0.328 e. The number of hydrogen-bond donors (Lipinski definition) is 2. The number of aryl methyl sites for hydroxylation is 1. The van der Waals surface area contributed by atoms with Gasteiger partial charge >= 0.3 is 6.03 Å². The minimum Gasteiger partial charge on any atom is -0.489 e. The van der Waals surface area contributed by atoms with E-state index in [2.05, 4.69) is 0 Å². The van der Waals surface area contributed by atoms with E-state index < -0.39 is 17.8 Å². The highest BCUT2D eigenvalue weighted by molar-refractivity contribution is 6.29. The second kappa shape index (κ2) is 8.14. The van der Waals surface area contributed by atoms with Gasteiger partial charge < -0.3 is 4.74 Å². The van der Waals surface area contributed by atoms with Gasteiger partial charge in [0.15, 0.2) is 0 Å². The summed E-state index contributed by atoms with van der Waals surface area (Å²) in [5.41, 5.74) is 3.06. The number of carbonyl (C=O) groups excluding carboxylic acids is 3. The van der Waals surface area contributed by atoms with E-state index >= 15 is 0 Å². The van der Waals surface area contributed by atoms with E-state index in [9.17, 15) is 14.4 Å². The van der Waals surface area contributed by atoms with Crippen LogP contribution in [0.3, 0.4) is 0 Å². The molecule has 2 aromatic rings. The Balaban J connectivity index is 1.58. The number of barbiturate groups is 1. The number of ether oxygens (including phenoxy) is 1. The predicted octanol–water partition coefficient (Wildman–Crippen LogP) is 2.88. The maximum absolute atomic E-state index is 11.6. The standard InChI is InChI=1S/C21H18N2O4/c1-14-5-7-16(8-6-14)13-27-17-11-9-15(10-12-17)3-2-4-18-19(24)22-21(26)23-20(18)25/h2-12H,13H2,1H3,(H2,22,23,24,25,26)/b3-2+. The first-order chi connectivity index (χ1) is 13.0. The third kappa shape index (κ3) is 4.92. The lowest BCUT2D eigenvalue weighted by Crippen LogP contribution is -2.51. The van der Waals surface area contributed by atoms with Crippen LogP contribution in [0.2, 0.25) is 0 Å². The first-order valence-corrected chi connectivity index (χ1v) is 8.35. The van der Waals surface area contributed by atoms with Gasteiger partial charge in [0.25, 0.3) is 11.8 Å². The van der Waals surface area contributed by atoms with E-state index in [1.165, 1.54) is 11.6 Å². The van der Waals surface area contributed by atoms with Crippen molar-refractivity contribution in [2.45, 2.75) is 13.5 Å². The van der Waals surface area contributed by atoms with E-state index in [0.717, 1.165) is 16.9 Å². The van der Waals surface area contributed by atoms with Crippen molar-refractivity contribution in [3.8, 4) is 5.75 Å². The summed E-state index contributed by atoms with van der Waals surface area (Å²) in [6.07, 6.45) is 4.68. The number of urea groups is 1. The summed E-state index contributed by atoms with van der Waals surface area (Å²) in [5.74, 6) is -0.683. The lowest BCUT2D eigenvalue weighted by atomic mass is 10.1. The van der Waals surface area contributed by atoms with Crippen molar-refractivity contribution in [1.29, 1.82) is 0 Å². The number of allylic oxidation sites excluding steroid dienone is 2. The zero-order chi connectivity index (χ0) is 19.2. The molecule has 0 atom stereocenters. The number of hydrogen-bond acceptors (Lipinski definition) is 4. The molecule has 2 N–H and O–H groups in total. The summed E-state index contributed by atoms with van der Waals surface area (Å²) in [4.78, 5) is 34.2. The van der Waals surface area contributed by atoms with Crippen LogP contribution in [0.25, 0.3) is 6.08 Å². The molecule has 27 heavy (non-hydrogen) atoms. The monoisotopic (exact) mass is 362 g/mol. The molecule has 0 spiro atoms. The average molecular weight is 362 g/mol. The van der Waals surface area contributed by atoms with E-state index in [-0.39, 0.29) is 5.57 Å². The van der Waals surface area contributed by atoms with Crippen LogP contribution in [0.4, 0.5) is 4.79 Å².